The van der Waals surface area contributed by atoms with E-state index >= 15 is 0 Å². The number of alkyl halides is 3. The van der Waals surface area contributed by atoms with Crippen molar-refractivity contribution < 1.29 is 46.6 Å². The molecule has 0 unspecified atom stereocenters. The predicted molar refractivity (Wildman–Crippen MR) is 201 cm³/mol. The van der Waals surface area contributed by atoms with E-state index in [4.69, 9.17) is 14.2 Å². The molecule has 0 fully saturated rings. The highest BCUT2D eigenvalue weighted by Crippen LogP contribution is 2.37. The molecule has 5 rings (SSSR count). The first kappa shape index (κ1) is 39.9. The van der Waals surface area contributed by atoms with Crippen LogP contribution in [0.5, 0.6) is 5.75 Å². The summed E-state index contributed by atoms with van der Waals surface area (Å²) >= 11 is 0. The molecule has 1 N–H and O–H groups in total. The lowest BCUT2D eigenvalue weighted by atomic mass is 9.94. The van der Waals surface area contributed by atoms with Gasteiger partial charge in [-0.05, 0) is 77.6 Å². The van der Waals surface area contributed by atoms with Gasteiger partial charge in [-0.2, -0.15) is 13.2 Å². The van der Waals surface area contributed by atoms with Gasteiger partial charge in [0.1, 0.15) is 12.4 Å². The minimum Gasteiger partial charge on any atom is -0.460 e. The summed E-state index contributed by atoms with van der Waals surface area (Å²) in [5.74, 6) is -2.31. The van der Waals surface area contributed by atoms with Crippen molar-refractivity contribution >= 4 is 29.4 Å². The average molecular weight is 753 g/mol. The Hall–Kier alpha value is -6.27. The van der Waals surface area contributed by atoms with E-state index in [2.05, 4.69) is 5.32 Å². The summed E-state index contributed by atoms with van der Waals surface area (Å²) in [6, 6.07) is 32.0. The zero-order valence-electron chi connectivity index (χ0n) is 30.2. The third kappa shape index (κ3) is 11.1. The number of amides is 2. The number of ether oxygens (including phenoxy) is 3. The van der Waals surface area contributed by atoms with Crippen molar-refractivity contribution in [3.8, 4) is 16.9 Å². The van der Waals surface area contributed by atoms with Crippen molar-refractivity contribution in [2.24, 2.45) is 0 Å². The van der Waals surface area contributed by atoms with E-state index in [0.717, 1.165) is 11.6 Å². The minimum absolute atomic E-state index is 0.0265. The van der Waals surface area contributed by atoms with Crippen molar-refractivity contribution in [1.82, 2.24) is 4.90 Å². The van der Waals surface area contributed by atoms with E-state index in [1.54, 1.807) is 42.5 Å². The second kappa shape index (κ2) is 18.7. The third-order valence-corrected chi connectivity index (χ3v) is 8.39. The number of halogens is 3. The Kier molecular flexibility index (Phi) is 13.5. The quantitative estimate of drug-likeness (QED) is 0.0648. The van der Waals surface area contributed by atoms with Gasteiger partial charge in [0, 0.05) is 20.5 Å². The number of esters is 2. The van der Waals surface area contributed by atoms with Gasteiger partial charge >= 0.3 is 18.1 Å². The summed E-state index contributed by atoms with van der Waals surface area (Å²) in [6.07, 6.45) is -4.10. The lowest BCUT2D eigenvalue weighted by Gasteiger charge is -2.19. The molecule has 9 nitrogen and oxygen atoms in total. The number of nitrogens with zero attached hydrogens (tertiary/aromatic N) is 1. The van der Waals surface area contributed by atoms with Gasteiger partial charge in [-0.3, -0.25) is 14.4 Å². The van der Waals surface area contributed by atoms with E-state index in [1.165, 1.54) is 61.5 Å². The summed E-state index contributed by atoms with van der Waals surface area (Å²) in [7, 11) is 3.03. The number of aryl methyl sites for hydroxylation is 1. The molecule has 0 radical (unpaired) electrons. The fraction of sp³-hybridized carbons (Fsp3) is 0.209. The van der Waals surface area contributed by atoms with Crippen LogP contribution in [0.1, 0.15) is 60.6 Å². The summed E-state index contributed by atoms with van der Waals surface area (Å²) < 4.78 is 58.6. The molecule has 284 valence electrons. The van der Waals surface area contributed by atoms with Crippen LogP contribution in [0.2, 0.25) is 0 Å². The van der Waals surface area contributed by atoms with E-state index < -0.39 is 41.1 Å². The molecule has 0 atom stereocenters. The van der Waals surface area contributed by atoms with Crippen LogP contribution in [0.15, 0.2) is 121 Å². The Morgan fingerprint density at radius 1 is 0.745 bits per heavy atom. The van der Waals surface area contributed by atoms with E-state index in [9.17, 15) is 32.3 Å². The van der Waals surface area contributed by atoms with Gasteiger partial charge in [0.05, 0.1) is 41.2 Å². The minimum atomic E-state index is -4.82. The number of carbonyl (C=O) groups is 4. The first-order valence-electron chi connectivity index (χ1n) is 17.4. The highest BCUT2D eigenvalue weighted by atomic mass is 19.4. The maximum atomic E-state index is 14.2. The molecule has 0 spiro atoms. The monoisotopic (exact) mass is 752 g/mol. The highest BCUT2D eigenvalue weighted by molar-refractivity contribution is 6.12. The molecule has 0 bridgehead atoms. The third-order valence-electron chi connectivity index (χ3n) is 8.39. The molecule has 12 heteroatoms. The number of anilines is 1. The van der Waals surface area contributed by atoms with Gasteiger partial charge in [-0.15, -0.1) is 0 Å². The number of hydrogen-bond donors (Lipinski definition) is 1. The standard InChI is InChI=1S/C43H39F3N2O7/c1-48(2)41(51)35-27-29(19-24-37(35)47-40(50)39-34(31-14-7-4-8-15-31)16-10-17-36(39)43(44,45)46)13-9-18-38(49)55-33-22-20-32(21-23-33)42(52)54-26-25-53-28-30-11-5-3-6-12-30/h3-8,10-12,14-17,19-24,27H,9,13,18,25-26,28H2,1-2H3,(H,47,50). The van der Waals surface area contributed by atoms with Gasteiger partial charge in [-0.25, -0.2) is 4.79 Å². The topological polar surface area (TPSA) is 111 Å². The molecular weight excluding hydrogens is 713 g/mol. The zero-order valence-corrected chi connectivity index (χ0v) is 30.2. The summed E-state index contributed by atoms with van der Waals surface area (Å²) in [6.45, 7) is 0.724. The van der Waals surface area contributed by atoms with E-state index in [0.29, 0.717) is 30.6 Å². The Bertz CT molecular complexity index is 2100. The Labute approximate surface area is 316 Å². The Balaban J connectivity index is 1.17. The van der Waals surface area contributed by atoms with Crippen LogP contribution in [0.3, 0.4) is 0 Å². The molecule has 5 aromatic carbocycles. The van der Waals surface area contributed by atoms with Gasteiger partial charge in [0.25, 0.3) is 11.8 Å². The molecule has 0 aromatic heterocycles. The van der Waals surface area contributed by atoms with Crippen molar-refractivity contribution in [3.05, 3.63) is 155 Å². The number of hydrogen-bond acceptors (Lipinski definition) is 7. The Morgan fingerprint density at radius 2 is 1.44 bits per heavy atom. The fourth-order valence-electron chi connectivity index (χ4n) is 5.67. The maximum Gasteiger partial charge on any atom is 0.417 e. The molecule has 0 saturated carbocycles. The Morgan fingerprint density at radius 3 is 2.11 bits per heavy atom. The summed E-state index contributed by atoms with van der Waals surface area (Å²) in [5.41, 5.74) is 0.897. The van der Waals surface area contributed by atoms with E-state index in [-0.39, 0.29) is 47.8 Å². The number of carbonyl (C=O) groups excluding carboxylic acids is 4. The largest absolute Gasteiger partial charge is 0.460 e. The molecule has 5 aromatic rings. The number of rotatable bonds is 15. The van der Waals surface area contributed by atoms with Crippen molar-refractivity contribution in [2.75, 3.05) is 32.6 Å². The van der Waals surface area contributed by atoms with Crippen LogP contribution in [0.4, 0.5) is 18.9 Å². The normalized spacial score (nSPS) is 11.1. The van der Waals surface area contributed by atoms with Crippen molar-refractivity contribution in [3.63, 3.8) is 0 Å². The molecule has 0 heterocycles. The molecule has 55 heavy (non-hydrogen) atoms. The first-order chi connectivity index (χ1) is 26.4. The van der Waals surface area contributed by atoms with Gasteiger partial charge in [0.2, 0.25) is 0 Å². The van der Waals surface area contributed by atoms with Crippen LogP contribution >= 0.6 is 0 Å². The van der Waals surface area contributed by atoms with Crippen LogP contribution in [0, 0.1) is 0 Å². The highest BCUT2D eigenvalue weighted by Gasteiger charge is 2.37. The second-order valence-electron chi connectivity index (χ2n) is 12.7. The molecule has 0 aliphatic rings. The summed E-state index contributed by atoms with van der Waals surface area (Å²) in [5, 5.41) is 2.55. The smallest absolute Gasteiger partial charge is 0.417 e. The van der Waals surface area contributed by atoms with E-state index in [1.807, 2.05) is 30.3 Å². The maximum absolute atomic E-state index is 14.2. The average Bonchev–Trinajstić information content (AvgIpc) is 3.18. The SMILES string of the molecule is CN(C)C(=O)c1cc(CCCC(=O)Oc2ccc(C(=O)OCCOCc3ccccc3)cc2)ccc1NC(=O)c1c(-c2ccccc2)cccc1C(F)(F)F. The molecule has 0 aliphatic carbocycles. The molecule has 2 amide bonds. The fourth-order valence-corrected chi connectivity index (χ4v) is 5.67. The number of benzene rings is 5. The van der Waals surface area contributed by atoms with Crippen LogP contribution < -0.4 is 10.1 Å². The van der Waals surface area contributed by atoms with Crippen LogP contribution in [-0.2, 0) is 33.5 Å². The summed E-state index contributed by atoms with van der Waals surface area (Å²) in [4.78, 5) is 53.1. The zero-order chi connectivity index (χ0) is 39.4. The number of nitrogens with one attached hydrogen (secondary N) is 1. The molecule has 0 aliphatic heterocycles. The van der Waals surface area contributed by atoms with Crippen LogP contribution in [0.25, 0.3) is 11.1 Å². The predicted octanol–water partition coefficient (Wildman–Crippen LogP) is 8.63. The second-order valence-corrected chi connectivity index (χ2v) is 12.7. The van der Waals surface area contributed by atoms with Crippen LogP contribution in [-0.4, -0.2) is 56.0 Å². The lowest BCUT2D eigenvalue weighted by molar-refractivity contribution is -0.138. The lowest BCUT2D eigenvalue weighted by Crippen LogP contribution is -2.25. The van der Waals surface area contributed by atoms with Gasteiger partial charge in [0.15, 0.2) is 0 Å². The first-order valence-corrected chi connectivity index (χ1v) is 17.4. The molecule has 0 saturated heterocycles. The van der Waals surface area contributed by atoms with Crippen molar-refractivity contribution in [2.45, 2.75) is 32.0 Å². The van der Waals surface area contributed by atoms with Gasteiger partial charge < -0.3 is 24.4 Å². The van der Waals surface area contributed by atoms with Crippen molar-refractivity contribution in [1.29, 1.82) is 0 Å². The van der Waals surface area contributed by atoms with Gasteiger partial charge in [-0.1, -0.05) is 78.9 Å². The molecular formula is C43H39F3N2O7.